The fourth-order valence-corrected chi connectivity index (χ4v) is 2.91. The molecule has 21 heavy (non-hydrogen) atoms. The monoisotopic (exact) mass is 316 g/mol. The number of alkyl halides is 3. The second-order valence-corrected chi connectivity index (χ2v) is 6.27. The summed E-state index contributed by atoms with van der Waals surface area (Å²) < 4.78 is 38.9. The zero-order valence-electron chi connectivity index (χ0n) is 12.1. The van der Waals surface area contributed by atoms with Gasteiger partial charge in [0.25, 0.3) is 0 Å². The predicted octanol–water partition coefficient (Wildman–Crippen LogP) is 3.82. The molecule has 1 unspecified atom stereocenters. The van der Waals surface area contributed by atoms with E-state index in [2.05, 4.69) is 18.7 Å². The molecule has 2 rings (SSSR count). The fourth-order valence-electron chi connectivity index (χ4n) is 2.75. The van der Waals surface area contributed by atoms with Crippen molar-refractivity contribution < 1.29 is 13.2 Å². The summed E-state index contributed by atoms with van der Waals surface area (Å²) in [7, 11) is 0. The highest BCUT2D eigenvalue weighted by Gasteiger charge is 2.34. The van der Waals surface area contributed by atoms with Crippen molar-refractivity contribution in [2.45, 2.75) is 26.4 Å². The highest BCUT2D eigenvalue weighted by molar-refractivity contribution is 7.80. The van der Waals surface area contributed by atoms with Crippen LogP contribution in [0, 0.1) is 11.8 Å². The van der Waals surface area contributed by atoms with Crippen LogP contribution in [0.15, 0.2) is 18.2 Å². The summed E-state index contributed by atoms with van der Waals surface area (Å²) in [5, 5.41) is 0. The van der Waals surface area contributed by atoms with E-state index in [0.29, 0.717) is 11.8 Å². The Kier molecular flexibility index (Phi) is 4.46. The van der Waals surface area contributed by atoms with Crippen LogP contribution in [0.2, 0.25) is 0 Å². The largest absolute Gasteiger partial charge is 0.417 e. The van der Waals surface area contributed by atoms with Gasteiger partial charge in [0.15, 0.2) is 0 Å². The first-order chi connectivity index (χ1) is 9.70. The molecule has 0 radical (unpaired) electrons. The molecule has 0 saturated carbocycles. The lowest BCUT2D eigenvalue weighted by molar-refractivity contribution is -0.137. The Bertz CT molecular complexity index is 540. The summed E-state index contributed by atoms with van der Waals surface area (Å²) in [4.78, 5) is 1.89. The molecule has 0 aliphatic carbocycles. The molecule has 1 aromatic carbocycles. The van der Waals surface area contributed by atoms with Crippen molar-refractivity contribution in [2.75, 3.05) is 18.0 Å². The number of thiocarbonyl (C=S) groups is 1. The molecule has 0 spiro atoms. The minimum Gasteiger partial charge on any atom is -0.389 e. The minimum atomic E-state index is -4.44. The topological polar surface area (TPSA) is 29.3 Å². The molecule has 0 amide bonds. The van der Waals surface area contributed by atoms with Gasteiger partial charge in [-0.1, -0.05) is 26.1 Å². The molecule has 2 nitrogen and oxygen atoms in total. The number of halogens is 3. The van der Waals surface area contributed by atoms with Gasteiger partial charge in [-0.3, -0.25) is 0 Å². The van der Waals surface area contributed by atoms with Gasteiger partial charge < -0.3 is 10.6 Å². The van der Waals surface area contributed by atoms with E-state index in [0.717, 1.165) is 31.3 Å². The first-order valence-electron chi connectivity index (χ1n) is 6.96. The quantitative estimate of drug-likeness (QED) is 0.860. The molecule has 6 heteroatoms. The molecule has 1 saturated heterocycles. The fraction of sp³-hybridized carbons (Fsp3) is 0.533. The van der Waals surface area contributed by atoms with Crippen LogP contribution < -0.4 is 10.6 Å². The van der Waals surface area contributed by atoms with Crippen LogP contribution in [0.25, 0.3) is 0 Å². The summed E-state index contributed by atoms with van der Waals surface area (Å²) in [6.45, 7) is 6.05. The van der Waals surface area contributed by atoms with Gasteiger partial charge >= 0.3 is 6.18 Å². The lowest BCUT2D eigenvalue weighted by Gasteiger charge is -2.22. The van der Waals surface area contributed by atoms with Gasteiger partial charge in [-0.25, -0.2) is 0 Å². The van der Waals surface area contributed by atoms with Crippen molar-refractivity contribution in [2.24, 2.45) is 17.6 Å². The molecule has 1 fully saturated rings. The highest BCUT2D eigenvalue weighted by Crippen LogP contribution is 2.35. The highest BCUT2D eigenvalue weighted by atomic mass is 32.1. The second kappa shape index (κ2) is 5.83. The number of nitrogens with zero attached hydrogens (tertiary/aromatic N) is 1. The van der Waals surface area contributed by atoms with E-state index in [-0.39, 0.29) is 10.6 Å². The van der Waals surface area contributed by atoms with E-state index < -0.39 is 11.7 Å². The van der Waals surface area contributed by atoms with Gasteiger partial charge in [-0.15, -0.1) is 0 Å². The number of rotatable bonds is 3. The van der Waals surface area contributed by atoms with Crippen molar-refractivity contribution >= 4 is 22.9 Å². The van der Waals surface area contributed by atoms with Gasteiger partial charge in [0.05, 0.1) is 5.56 Å². The van der Waals surface area contributed by atoms with E-state index in [1.54, 1.807) is 0 Å². The smallest absolute Gasteiger partial charge is 0.389 e. The van der Waals surface area contributed by atoms with Crippen LogP contribution in [-0.2, 0) is 6.18 Å². The average molecular weight is 316 g/mol. The molecule has 1 aliphatic heterocycles. The van der Waals surface area contributed by atoms with Crippen LogP contribution in [0.5, 0.6) is 0 Å². The van der Waals surface area contributed by atoms with E-state index in [1.165, 1.54) is 12.1 Å². The lowest BCUT2D eigenvalue weighted by atomic mass is 9.95. The summed E-state index contributed by atoms with van der Waals surface area (Å²) in [6.07, 6.45) is -3.39. The molecule has 116 valence electrons. The lowest BCUT2D eigenvalue weighted by Crippen LogP contribution is -2.23. The Labute approximate surface area is 128 Å². The molecule has 0 bridgehead atoms. The van der Waals surface area contributed by atoms with Gasteiger partial charge in [0.1, 0.15) is 4.99 Å². The minimum absolute atomic E-state index is 0.0944. The molecule has 1 aromatic rings. The first-order valence-corrected chi connectivity index (χ1v) is 7.37. The van der Waals surface area contributed by atoms with Crippen molar-refractivity contribution in [3.8, 4) is 0 Å². The summed E-state index contributed by atoms with van der Waals surface area (Å²) in [5.41, 5.74) is 5.37. The molecular weight excluding hydrogens is 297 g/mol. The van der Waals surface area contributed by atoms with Crippen LogP contribution >= 0.6 is 12.2 Å². The van der Waals surface area contributed by atoms with Crippen molar-refractivity contribution in [1.29, 1.82) is 0 Å². The van der Waals surface area contributed by atoms with Crippen LogP contribution in [0.4, 0.5) is 18.9 Å². The third-order valence-corrected chi connectivity index (χ3v) is 4.33. The number of nitrogens with two attached hydrogens (primary N) is 1. The maximum absolute atomic E-state index is 13.0. The molecule has 1 atom stereocenters. The normalized spacial score (nSPS) is 19.3. The Morgan fingerprint density at radius 3 is 2.52 bits per heavy atom. The van der Waals surface area contributed by atoms with E-state index in [9.17, 15) is 13.2 Å². The number of anilines is 1. The SMILES string of the molecule is CC(C)C1CCN(c2ccc(C(F)(F)F)c(C(N)=S)c2)C1. The van der Waals surface area contributed by atoms with Crippen LogP contribution in [0.1, 0.15) is 31.4 Å². The Balaban J connectivity index is 2.31. The Morgan fingerprint density at radius 1 is 1.38 bits per heavy atom. The summed E-state index contributed by atoms with van der Waals surface area (Å²) in [6, 6.07) is 4.05. The van der Waals surface area contributed by atoms with Gasteiger partial charge in [0.2, 0.25) is 0 Å². The zero-order chi connectivity index (χ0) is 15.8. The zero-order valence-corrected chi connectivity index (χ0v) is 12.9. The molecule has 1 aliphatic rings. The third kappa shape index (κ3) is 3.48. The third-order valence-electron chi connectivity index (χ3n) is 4.11. The van der Waals surface area contributed by atoms with Crippen molar-refractivity contribution in [3.63, 3.8) is 0 Å². The molecule has 0 aromatic heterocycles. The maximum atomic E-state index is 13.0. The van der Waals surface area contributed by atoms with Crippen molar-refractivity contribution in [3.05, 3.63) is 29.3 Å². The average Bonchev–Trinajstić information content (AvgIpc) is 2.86. The van der Waals surface area contributed by atoms with Gasteiger partial charge in [-0.05, 0) is 36.5 Å². The standard InChI is InChI=1S/C15H19F3N2S/c1-9(2)10-5-6-20(8-10)11-3-4-13(15(16,17)18)12(7-11)14(19)21/h3-4,7,9-10H,5-6,8H2,1-2H3,(H2,19,21). The maximum Gasteiger partial charge on any atom is 0.417 e. The van der Waals surface area contributed by atoms with Gasteiger partial charge in [0, 0.05) is 24.3 Å². The Hall–Kier alpha value is -1.30. The molecule has 1 heterocycles. The van der Waals surface area contributed by atoms with Crippen molar-refractivity contribution in [1.82, 2.24) is 0 Å². The second-order valence-electron chi connectivity index (χ2n) is 5.83. The van der Waals surface area contributed by atoms with Crippen LogP contribution in [0.3, 0.4) is 0 Å². The Morgan fingerprint density at radius 2 is 2.05 bits per heavy atom. The van der Waals surface area contributed by atoms with E-state index in [4.69, 9.17) is 18.0 Å². The van der Waals surface area contributed by atoms with E-state index in [1.807, 2.05) is 0 Å². The van der Waals surface area contributed by atoms with E-state index >= 15 is 0 Å². The summed E-state index contributed by atoms with van der Waals surface area (Å²) >= 11 is 4.78. The number of benzene rings is 1. The molecular formula is C15H19F3N2S. The number of hydrogen-bond acceptors (Lipinski definition) is 2. The first kappa shape index (κ1) is 16.1. The molecule has 2 N–H and O–H groups in total. The van der Waals surface area contributed by atoms with Gasteiger partial charge in [-0.2, -0.15) is 13.2 Å². The van der Waals surface area contributed by atoms with Crippen LogP contribution in [-0.4, -0.2) is 18.1 Å². The summed E-state index contributed by atoms with van der Waals surface area (Å²) in [5.74, 6) is 1.14. The number of hydrogen-bond donors (Lipinski definition) is 1. The predicted molar refractivity (Wildman–Crippen MR) is 82.5 cm³/mol.